The molecule has 0 aliphatic rings. The number of carbonyl (C=O) groups is 1. The van der Waals surface area contributed by atoms with Crippen molar-refractivity contribution in [1.82, 2.24) is 9.99 Å². The van der Waals surface area contributed by atoms with Crippen LogP contribution in [0, 0.1) is 0 Å². The van der Waals surface area contributed by atoms with Gasteiger partial charge in [-0.15, -0.1) is 0 Å². The van der Waals surface area contributed by atoms with Crippen LogP contribution in [-0.2, 0) is 6.61 Å². The largest absolute Gasteiger partial charge is 0.489 e. The number of hydrogen-bond donors (Lipinski definition) is 1. The minimum atomic E-state index is -0.271. The molecule has 30 heavy (non-hydrogen) atoms. The predicted octanol–water partition coefficient (Wildman–Crippen LogP) is 4.82. The van der Waals surface area contributed by atoms with Crippen molar-refractivity contribution in [2.75, 3.05) is 0 Å². The lowest BCUT2D eigenvalue weighted by Crippen LogP contribution is -2.19. The van der Waals surface area contributed by atoms with Crippen LogP contribution in [0.2, 0.25) is 0 Å². The lowest BCUT2D eigenvalue weighted by atomic mass is 10.1. The number of benzene rings is 3. The van der Waals surface area contributed by atoms with Gasteiger partial charge in [0.25, 0.3) is 5.91 Å². The number of nitrogens with zero attached hydrogens (tertiary/aromatic N) is 2. The van der Waals surface area contributed by atoms with E-state index in [1.807, 2.05) is 102 Å². The van der Waals surface area contributed by atoms with Crippen molar-refractivity contribution in [1.29, 1.82) is 0 Å². The molecule has 0 saturated carbocycles. The molecule has 0 spiro atoms. The van der Waals surface area contributed by atoms with E-state index in [9.17, 15) is 4.79 Å². The number of carbonyl (C=O) groups excluding carboxylic acids is 1. The number of ether oxygens (including phenoxy) is 1. The zero-order chi connectivity index (χ0) is 20.6. The molecule has 0 aliphatic heterocycles. The summed E-state index contributed by atoms with van der Waals surface area (Å²) < 4.78 is 7.73. The third-order valence-electron chi connectivity index (χ3n) is 4.52. The monoisotopic (exact) mass is 395 g/mol. The summed E-state index contributed by atoms with van der Waals surface area (Å²) in [4.78, 5) is 12.6. The van der Waals surface area contributed by atoms with Crippen molar-refractivity contribution >= 4 is 12.1 Å². The molecule has 4 rings (SSSR count). The molecule has 1 N–H and O–H groups in total. The Labute approximate surface area is 175 Å². The van der Waals surface area contributed by atoms with Crippen LogP contribution in [0.3, 0.4) is 0 Å². The molecule has 0 saturated heterocycles. The fraction of sp³-hybridized carbons (Fsp3) is 0.0400. The number of amides is 1. The van der Waals surface area contributed by atoms with E-state index < -0.39 is 0 Å². The predicted molar refractivity (Wildman–Crippen MR) is 118 cm³/mol. The van der Waals surface area contributed by atoms with Crippen molar-refractivity contribution < 1.29 is 9.53 Å². The molecule has 1 amide bonds. The lowest BCUT2D eigenvalue weighted by molar-refractivity contribution is 0.0955. The standard InChI is InChI=1S/C25H21N3O2/c29-25(23-13-4-5-14-24(23)28-15-6-7-16-28)27-26-18-21-11-8-12-22(17-21)30-19-20-9-2-1-3-10-20/h1-18H,19H2,(H,27,29)/b26-18-. The van der Waals surface area contributed by atoms with Crippen molar-refractivity contribution in [2.24, 2.45) is 5.10 Å². The van der Waals surface area contributed by atoms with Crippen molar-refractivity contribution in [3.8, 4) is 11.4 Å². The number of hydrogen-bond acceptors (Lipinski definition) is 3. The second-order valence-electron chi connectivity index (χ2n) is 6.65. The Balaban J connectivity index is 1.40. The van der Waals surface area contributed by atoms with Crippen LogP contribution in [0.1, 0.15) is 21.5 Å². The number of rotatable bonds is 7. The Kier molecular flexibility index (Phi) is 6.01. The van der Waals surface area contributed by atoms with Gasteiger partial charge in [-0.05, 0) is 47.5 Å². The molecule has 1 heterocycles. The van der Waals surface area contributed by atoms with Crippen LogP contribution in [0.5, 0.6) is 5.75 Å². The molecule has 0 unspecified atom stereocenters. The Bertz CT molecular complexity index is 1140. The minimum absolute atomic E-state index is 0.271. The van der Waals surface area contributed by atoms with Gasteiger partial charge >= 0.3 is 0 Å². The van der Waals surface area contributed by atoms with Crippen LogP contribution >= 0.6 is 0 Å². The third kappa shape index (κ3) is 4.83. The van der Waals surface area contributed by atoms with E-state index >= 15 is 0 Å². The van der Waals surface area contributed by atoms with Crippen LogP contribution < -0.4 is 10.2 Å². The number of hydrazone groups is 1. The molecular weight excluding hydrogens is 374 g/mol. The first-order valence-electron chi connectivity index (χ1n) is 9.62. The quantitative estimate of drug-likeness (QED) is 0.360. The van der Waals surface area contributed by atoms with E-state index in [0.717, 1.165) is 22.6 Å². The molecule has 0 aliphatic carbocycles. The van der Waals surface area contributed by atoms with E-state index in [1.54, 1.807) is 12.3 Å². The molecule has 148 valence electrons. The highest BCUT2D eigenvalue weighted by atomic mass is 16.5. The molecule has 0 fully saturated rings. The van der Waals surface area contributed by atoms with Gasteiger partial charge in [0.15, 0.2) is 0 Å². The molecular formula is C25H21N3O2. The van der Waals surface area contributed by atoms with Gasteiger partial charge in [-0.25, -0.2) is 5.43 Å². The summed E-state index contributed by atoms with van der Waals surface area (Å²) in [6, 6.07) is 28.8. The normalized spacial score (nSPS) is 10.8. The number of nitrogens with one attached hydrogen (secondary N) is 1. The fourth-order valence-corrected chi connectivity index (χ4v) is 3.04. The highest BCUT2D eigenvalue weighted by Gasteiger charge is 2.10. The van der Waals surface area contributed by atoms with Gasteiger partial charge in [0.05, 0.1) is 17.5 Å². The summed E-state index contributed by atoms with van der Waals surface area (Å²) in [7, 11) is 0. The highest BCUT2D eigenvalue weighted by molar-refractivity contribution is 5.98. The van der Waals surface area contributed by atoms with Crippen LogP contribution in [0.25, 0.3) is 5.69 Å². The summed E-state index contributed by atoms with van der Waals surface area (Å²) in [6.45, 7) is 0.494. The van der Waals surface area contributed by atoms with E-state index in [1.165, 1.54) is 0 Å². The van der Waals surface area contributed by atoms with Crippen LogP contribution in [0.15, 0.2) is 108 Å². The summed E-state index contributed by atoms with van der Waals surface area (Å²) in [6.07, 6.45) is 5.40. The third-order valence-corrected chi connectivity index (χ3v) is 4.52. The maximum absolute atomic E-state index is 12.6. The summed E-state index contributed by atoms with van der Waals surface area (Å²) >= 11 is 0. The summed E-state index contributed by atoms with van der Waals surface area (Å²) in [5.41, 5.74) is 5.88. The molecule has 5 heteroatoms. The number of para-hydroxylation sites is 1. The maximum atomic E-state index is 12.6. The molecule has 0 radical (unpaired) electrons. The summed E-state index contributed by atoms with van der Waals surface area (Å²) in [5.74, 6) is 0.471. The second kappa shape index (κ2) is 9.39. The van der Waals surface area contributed by atoms with E-state index in [0.29, 0.717) is 12.2 Å². The van der Waals surface area contributed by atoms with E-state index in [2.05, 4.69) is 10.5 Å². The maximum Gasteiger partial charge on any atom is 0.273 e. The van der Waals surface area contributed by atoms with Gasteiger partial charge in [0, 0.05) is 12.4 Å². The Morgan fingerprint density at radius 3 is 2.50 bits per heavy atom. The average molecular weight is 395 g/mol. The Morgan fingerprint density at radius 1 is 0.900 bits per heavy atom. The first-order valence-corrected chi connectivity index (χ1v) is 9.62. The van der Waals surface area contributed by atoms with Gasteiger partial charge in [-0.2, -0.15) is 5.10 Å². The molecule has 3 aromatic carbocycles. The first kappa shape index (κ1) is 19.2. The van der Waals surface area contributed by atoms with Gasteiger partial charge in [-0.3, -0.25) is 4.79 Å². The average Bonchev–Trinajstić information content (AvgIpc) is 3.33. The number of aromatic nitrogens is 1. The molecule has 4 aromatic rings. The highest BCUT2D eigenvalue weighted by Crippen LogP contribution is 2.16. The topological polar surface area (TPSA) is 55.6 Å². The SMILES string of the molecule is O=C(N/N=C\c1cccc(OCc2ccccc2)c1)c1ccccc1-n1cccc1. The summed E-state index contributed by atoms with van der Waals surface area (Å²) in [5, 5.41) is 4.11. The molecule has 0 atom stereocenters. The molecule has 5 nitrogen and oxygen atoms in total. The Hall–Kier alpha value is -4.12. The first-order chi connectivity index (χ1) is 14.8. The van der Waals surface area contributed by atoms with Gasteiger partial charge < -0.3 is 9.30 Å². The van der Waals surface area contributed by atoms with Crippen molar-refractivity contribution in [3.63, 3.8) is 0 Å². The van der Waals surface area contributed by atoms with E-state index in [-0.39, 0.29) is 5.91 Å². The molecule has 0 bridgehead atoms. The molecule has 1 aromatic heterocycles. The van der Waals surface area contributed by atoms with Crippen LogP contribution in [0.4, 0.5) is 0 Å². The van der Waals surface area contributed by atoms with Crippen LogP contribution in [-0.4, -0.2) is 16.7 Å². The van der Waals surface area contributed by atoms with Gasteiger partial charge in [-0.1, -0.05) is 54.6 Å². The Morgan fingerprint density at radius 2 is 1.67 bits per heavy atom. The van der Waals surface area contributed by atoms with E-state index in [4.69, 9.17) is 4.74 Å². The van der Waals surface area contributed by atoms with Crippen molar-refractivity contribution in [3.05, 3.63) is 120 Å². The lowest BCUT2D eigenvalue weighted by Gasteiger charge is -2.09. The smallest absolute Gasteiger partial charge is 0.273 e. The fourth-order valence-electron chi connectivity index (χ4n) is 3.04. The van der Waals surface area contributed by atoms with Crippen molar-refractivity contribution in [2.45, 2.75) is 6.61 Å². The minimum Gasteiger partial charge on any atom is -0.489 e. The van der Waals surface area contributed by atoms with Gasteiger partial charge in [0.1, 0.15) is 12.4 Å². The zero-order valence-corrected chi connectivity index (χ0v) is 16.3. The van der Waals surface area contributed by atoms with Gasteiger partial charge in [0.2, 0.25) is 0 Å². The second-order valence-corrected chi connectivity index (χ2v) is 6.65. The zero-order valence-electron chi connectivity index (χ0n) is 16.3.